The van der Waals surface area contributed by atoms with E-state index in [4.69, 9.17) is 4.74 Å². The van der Waals surface area contributed by atoms with Crippen LogP contribution in [0.2, 0.25) is 0 Å². The molecule has 5 heteroatoms. The summed E-state index contributed by atoms with van der Waals surface area (Å²) < 4.78 is 5.67. The van der Waals surface area contributed by atoms with Gasteiger partial charge in [0, 0.05) is 30.3 Å². The van der Waals surface area contributed by atoms with Gasteiger partial charge in [0.2, 0.25) is 11.8 Å². The number of allylic oxidation sites excluding steroid dienone is 2. The van der Waals surface area contributed by atoms with E-state index in [1.807, 2.05) is 6.08 Å². The Morgan fingerprint density at radius 2 is 1.79 bits per heavy atom. The van der Waals surface area contributed by atoms with Crippen molar-refractivity contribution in [3.63, 3.8) is 0 Å². The second-order valence-electron chi connectivity index (χ2n) is 14.6. The highest BCUT2D eigenvalue weighted by molar-refractivity contribution is 5.83. The molecule has 0 aromatic heterocycles. The van der Waals surface area contributed by atoms with Crippen LogP contribution in [0.1, 0.15) is 117 Å². The van der Waals surface area contributed by atoms with Crippen LogP contribution in [-0.4, -0.2) is 35.3 Å². The monoisotopic (exact) mass is 588 g/mol. The Kier molecular flexibility index (Phi) is 10.1. The molecule has 4 aliphatic rings. The van der Waals surface area contributed by atoms with Crippen molar-refractivity contribution in [2.75, 3.05) is 13.1 Å². The number of carbonyl (C=O) groups excluding carboxylic acids is 2. The van der Waals surface area contributed by atoms with Gasteiger partial charge in [-0.05, 0) is 98.7 Å². The van der Waals surface area contributed by atoms with Crippen LogP contribution in [0.3, 0.4) is 0 Å². The number of hydrogen-bond donors (Lipinski definition) is 1. The van der Waals surface area contributed by atoms with Crippen LogP contribution < -0.4 is 5.32 Å². The van der Waals surface area contributed by atoms with E-state index in [-0.39, 0.29) is 28.7 Å². The largest absolute Gasteiger partial charge is 0.468 e. The van der Waals surface area contributed by atoms with Crippen LogP contribution in [0.5, 0.6) is 0 Å². The normalized spacial score (nSPS) is 31.0. The molecule has 2 heterocycles. The maximum absolute atomic E-state index is 14.4. The minimum atomic E-state index is -0.0777. The Hall–Kier alpha value is -2.56. The smallest absolute Gasteiger partial charge is 0.226 e. The highest BCUT2D eigenvalue weighted by atomic mass is 16.5. The molecule has 3 fully saturated rings. The number of piperidine rings is 1. The number of benzene rings is 1. The van der Waals surface area contributed by atoms with Crippen molar-refractivity contribution in [2.24, 2.45) is 29.6 Å². The molecule has 2 saturated carbocycles. The fourth-order valence-electron chi connectivity index (χ4n) is 8.69. The average Bonchev–Trinajstić information content (AvgIpc) is 2.98. The maximum Gasteiger partial charge on any atom is 0.226 e. The number of ether oxygens (including phenoxy) is 1. The average molecular weight is 589 g/mol. The lowest BCUT2D eigenvalue weighted by atomic mass is 9.56. The predicted octanol–water partition coefficient (Wildman–Crippen LogP) is 8.31. The first kappa shape index (κ1) is 31.9. The minimum Gasteiger partial charge on any atom is -0.468 e. The van der Waals surface area contributed by atoms with E-state index in [0.717, 1.165) is 56.4 Å². The molecule has 5 nitrogen and oxygen atoms in total. The Bertz CT molecular complexity index is 1170. The third-order valence-corrected chi connectivity index (χ3v) is 12.2. The molecule has 236 valence electrons. The summed E-state index contributed by atoms with van der Waals surface area (Å²) >= 11 is 0. The number of hydrogen-bond acceptors (Lipinski definition) is 3. The van der Waals surface area contributed by atoms with E-state index in [0.29, 0.717) is 36.6 Å². The molecule has 1 spiro atoms. The summed E-state index contributed by atoms with van der Waals surface area (Å²) in [7, 11) is 0. The summed E-state index contributed by atoms with van der Waals surface area (Å²) in [5.74, 6) is 2.68. The zero-order chi connectivity index (χ0) is 30.6. The first-order valence-corrected chi connectivity index (χ1v) is 17.4. The van der Waals surface area contributed by atoms with Crippen molar-refractivity contribution in [1.29, 1.82) is 0 Å². The van der Waals surface area contributed by atoms with Crippen LogP contribution in [0.4, 0.5) is 0 Å². The zero-order valence-corrected chi connectivity index (χ0v) is 27.5. The molecule has 1 N–H and O–H groups in total. The molecular formula is C38H56N2O3. The van der Waals surface area contributed by atoms with E-state index >= 15 is 0 Å². The molecule has 0 bridgehead atoms. The summed E-state index contributed by atoms with van der Waals surface area (Å²) in [6.45, 7) is 12.4. The predicted molar refractivity (Wildman–Crippen MR) is 174 cm³/mol. The van der Waals surface area contributed by atoms with E-state index in [2.05, 4.69) is 75.2 Å². The summed E-state index contributed by atoms with van der Waals surface area (Å²) in [4.78, 5) is 29.8. The molecule has 0 radical (unpaired) electrons. The van der Waals surface area contributed by atoms with E-state index in [1.54, 1.807) is 6.26 Å². The lowest BCUT2D eigenvalue weighted by molar-refractivity contribution is -0.156. The van der Waals surface area contributed by atoms with E-state index in [9.17, 15) is 9.59 Å². The van der Waals surface area contributed by atoms with Gasteiger partial charge in [0.25, 0.3) is 0 Å². The molecule has 43 heavy (non-hydrogen) atoms. The number of likely N-dealkylation sites (tertiary alicyclic amines) is 1. The topological polar surface area (TPSA) is 58.6 Å². The molecule has 1 aromatic carbocycles. The van der Waals surface area contributed by atoms with Crippen LogP contribution in [0.25, 0.3) is 0 Å². The van der Waals surface area contributed by atoms with E-state index in [1.165, 1.54) is 37.7 Å². The Balaban J connectivity index is 1.27. The molecular weight excluding hydrogens is 532 g/mol. The number of nitrogens with one attached hydrogen (secondary N) is 1. The highest BCUT2D eigenvalue weighted by Crippen LogP contribution is 2.54. The lowest BCUT2D eigenvalue weighted by Crippen LogP contribution is -2.62. The van der Waals surface area contributed by atoms with Crippen molar-refractivity contribution in [3.8, 4) is 0 Å². The van der Waals surface area contributed by atoms with Crippen molar-refractivity contribution >= 4 is 11.8 Å². The van der Waals surface area contributed by atoms with Gasteiger partial charge < -0.3 is 15.0 Å². The zero-order valence-electron chi connectivity index (χ0n) is 27.5. The molecule has 1 saturated heterocycles. The summed E-state index contributed by atoms with van der Waals surface area (Å²) in [5.41, 5.74) is 2.82. The maximum atomic E-state index is 14.4. The number of amides is 2. The van der Waals surface area contributed by atoms with Gasteiger partial charge in [-0.2, -0.15) is 0 Å². The molecule has 5 rings (SSSR count). The Labute approximate surface area is 260 Å². The third-order valence-electron chi connectivity index (χ3n) is 12.2. The molecule has 2 aliphatic heterocycles. The van der Waals surface area contributed by atoms with Crippen molar-refractivity contribution in [3.05, 3.63) is 59.6 Å². The van der Waals surface area contributed by atoms with Gasteiger partial charge in [-0.3, -0.25) is 9.59 Å². The molecule has 2 aliphatic carbocycles. The van der Waals surface area contributed by atoms with Gasteiger partial charge >= 0.3 is 0 Å². The highest BCUT2D eigenvalue weighted by Gasteiger charge is 2.53. The molecule has 4 atom stereocenters. The van der Waals surface area contributed by atoms with Crippen LogP contribution in [0.15, 0.2) is 54.0 Å². The van der Waals surface area contributed by atoms with Gasteiger partial charge in [0.15, 0.2) is 0 Å². The fourth-order valence-corrected chi connectivity index (χ4v) is 8.69. The van der Waals surface area contributed by atoms with Crippen molar-refractivity contribution in [2.45, 2.75) is 123 Å². The number of nitrogens with zero attached hydrogens (tertiary/aromatic N) is 1. The van der Waals surface area contributed by atoms with E-state index < -0.39 is 0 Å². The second kappa shape index (κ2) is 13.6. The first-order chi connectivity index (χ1) is 20.7. The van der Waals surface area contributed by atoms with Gasteiger partial charge in [-0.25, -0.2) is 0 Å². The van der Waals surface area contributed by atoms with Crippen LogP contribution in [0, 0.1) is 29.6 Å². The van der Waals surface area contributed by atoms with Crippen molar-refractivity contribution < 1.29 is 14.3 Å². The molecule has 1 aromatic rings. The third kappa shape index (κ3) is 6.61. The molecule has 2 amide bonds. The first-order valence-electron chi connectivity index (χ1n) is 17.4. The quantitative estimate of drug-likeness (QED) is 0.283. The van der Waals surface area contributed by atoms with Gasteiger partial charge in [0.05, 0.1) is 12.8 Å². The van der Waals surface area contributed by atoms with Gasteiger partial charge in [-0.15, -0.1) is 0 Å². The Morgan fingerprint density at radius 1 is 1.07 bits per heavy atom. The summed E-state index contributed by atoms with van der Waals surface area (Å²) in [5, 5.41) is 3.07. The SMILES string of the molecule is CCCC(C)C1(c2ccccc2)CCC2(CCC(C(C)CC(=O)NCC3=C(C)C(C)C=CO3)C(=O)N2CC2CCC2)CC1. The second-order valence-corrected chi connectivity index (χ2v) is 14.6. The van der Waals surface area contributed by atoms with Crippen LogP contribution >= 0.6 is 0 Å². The molecule has 4 unspecified atom stereocenters. The number of rotatable bonds is 11. The standard InChI is InChI=1S/C38H56N2O3/c1-6-11-29(4)38(32-14-8-7-9-15-32)21-19-37(20-22-38)18-16-33(36(42)40(37)26-31-12-10-13-31)28(3)24-35(41)39-25-34-30(5)27(2)17-23-43-34/h7-9,14-15,17,23,27-29,31,33H,6,10-13,16,18-22,24-26H2,1-5H3,(H,39,41). The number of carbonyl (C=O) groups is 2. The summed E-state index contributed by atoms with van der Waals surface area (Å²) in [6, 6.07) is 11.2. The van der Waals surface area contributed by atoms with Gasteiger partial charge in [0.1, 0.15) is 5.76 Å². The summed E-state index contributed by atoms with van der Waals surface area (Å²) in [6.07, 6.45) is 16.8. The fraction of sp³-hybridized carbons (Fsp3) is 0.684. The van der Waals surface area contributed by atoms with Crippen LogP contribution in [-0.2, 0) is 19.7 Å². The van der Waals surface area contributed by atoms with Crippen molar-refractivity contribution in [1.82, 2.24) is 10.2 Å². The lowest BCUT2D eigenvalue weighted by Gasteiger charge is -2.58. The van der Waals surface area contributed by atoms with Gasteiger partial charge in [-0.1, -0.05) is 77.3 Å². The Morgan fingerprint density at radius 3 is 2.44 bits per heavy atom. The minimum absolute atomic E-state index is 0.00691.